The molecule has 0 aromatic heterocycles. The van der Waals surface area contributed by atoms with Crippen molar-refractivity contribution in [3.8, 4) is 5.75 Å². The Morgan fingerprint density at radius 1 is 1.11 bits per heavy atom. The van der Waals surface area contributed by atoms with E-state index in [9.17, 15) is 13.2 Å². The number of sulfonamides is 1. The molecule has 1 amide bonds. The molecular formula is C20H23ClN2O4S. The lowest BCUT2D eigenvalue weighted by atomic mass is 10.1. The summed E-state index contributed by atoms with van der Waals surface area (Å²) in [7, 11) is -3.49. The van der Waals surface area contributed by atoms with E-state index in [-0.39, 0.29) is 11.9 Å². The van der Waals surface area contributed by atoms with Crippen LogP contribution in [0.3, 0.4) is 0 Å². The third kappa shape index (κ3) is 5.04. The van der Waals surface area contributed by atoms with Gasteiger partial charge in [0.25, 0.3) is 5.91 Å². The van der Waals surface area contributed by atoms with Crippen LogP contribution in [0.1, 0.15) is 19.8 Å². The van der Waals surface area contributed by atoms with Gasteiger partial charge in [0, 0.05) is 24.2 Å². The fourth-order valence-electron chi connectivity index (χ4n) is 3.07. The molecule has 1 aliphatic rings. The number of hydrogen-bond donors (Lipinski definition) is 1. The zero-order valence-corrected chi connectivity index (χ0v) is 17.1. The summed E-state index contributed by atoms with van der Waals surface area (Å²) in [5.74, 6) is 0.343. The van der Waals surface area contributed by atoms with E-state index in [1.807, 2.05) is 0 Å². The zero-order valence-electron chi connectivity index (χ0n) is 15.5. The van der Waals surface area contributed by atoms with Crippen molar-refractivity contribution in [1.82, 2.24) is 9.62 Å². The fraction of sp³-hybridized carbons (Fsp3) is 0.350. The average molecular weight is 423 g/mol. The topological polar surface area (TPSA) is 75.7 Å². The molecule has 0 aliphatic carbocycles. The molecular weight excluding hydrogens is 400 g/mol. The highest BCUT2D eigenvalue weighted by atomic mass is 35.5. The lowest BCUT2D eigenvalue weighted by Crippen LogP contribution is -2.49. The molecule has 1 atom stereocenters. The standard InChI is InChI=1S/C20H23ClN2O4S/c1-15(27-18-9-7-16(21)8-10-18)20(24)22-17-11-13-23(14-12-17)28(25,26)19-5-3-2-4-6-19/h2-10,15,17H,11-14H2,1H3,(H,22,24). The SMILES string of the molecule is CC(Oc1ccc(Cl)cc1)C(=O)NC1CCN(S(=O)(=O)c2ccccc2)CC1. The van der Waals surface area contributed by atoms with E-state index in [1.54, 1.807) is 61.5 Å². The molecule has 0 radical (unpaired) electrons. The summed E-state index contributed by atoms with van der Waals surface area (Å²) in [5, 5.41) is 3.55. The molecule has 1 heterocycles. The maximum atomic E-state index is 12.7. The van der Waals surface area contributed by atoms with Crippen molar-refractivity contribution in [2.24, 2.45) is 0 Å². The number of hydrogen-bond acceptors (Lipinski definition) is 4. The van der Waals surface area contributed by atoms with Gasteiger partial charge in [-0.2, -0.15) is 4.31 Å². The number of nitrogens with zero attached hydrogens (tertiary/aromatic N) is 1. The third-order valence-corrected chi connectivity index (χ3v) is 6.84. The van der Waals surface area contributed by atoms with Gasteiger partial charge >= 0.3 is 0 Å². The first-order valence-electron chi connectivity index (χ1n) is 9.14. The minimum absolute atomic E-state index is 0.0778. The Bertz CT molecular complexity index is 896. The molecule has 0 saturated carbocycles. The molecule has 1 N–H and O–H groups in total. The van der Waals surface area contributed by atoms with Crippen LogP contribution in [-0.2, 0) is 14.8 Å². The second-order valence-electron chi connectivity index (χ2n) is 6.71. The number of piperidine rings is 1. The van der Waals surface area contributed by atoms with E-state index in [1.165, 1.54) is 4.31 Å². The van der Waals surface area contributed by atoms with Gasteiger partial charge < -0.3 is 10.1 Å². The predicted molar refractivity (Wildman–Crippen MR) is 108 cm³/mol. The molecule has 2 aromatic rings. The number of amides is 1. The van der Waals surface area contributed by atoms with Crippen molar-refractivity contribution in [3.63, 3.8) is 0 Å². The molecule has 0 bridgehead atoms. The van der Waals surface area contributed by atoms with E-state index in [0.29, 0.717) is 41.6 Å². The normalized spacial score (nSPS) is 17.1. The molecule has 1 unspecified atom stereocenters. The first-order chi connectivity index (χ1) is 13.4. The molecule has 1 aliphatic heterocycles. The van der Waals surface area contributed by atoms with Crippen LogP contribution in [0, 0.1) is 0 Å². The van der Waals surface area contributed by atoms with Crippen LogP contribution >= 0.6 is 11.6 Å². The molecule has 0 spiro atoms. The van der Waals surface area contributed by atoms with E-state index < -0.39 is 16.1 Å². The first-order valence-corrected chi connectivity index (χ1v) is 11.0. The fourth-order valence-corrected chi connectivity index (χ4v) is 4.69. The smallest absolute Gasteiger partial charge is 0.260 e. The van der Waals surface area contributed by atoms with E-state index in [0.717, 1.165) is 0 Å². The van der Waals surface area contributed by atoms with Crippen LogP contribution in [0.2, 0.25) is 5.02 Å². The van der Waals surface area contributed by atoms with Gasteiger partial charge in [0.2, 0.25) is 10.0 Å². The second-order valence-corrected chi connectivity index (χ2v) is 9.09. The van der Waals surface area contributed by atoms with Crippen molar-refractivity contribution in [2.75, 3.05) is 13.1 Å². The summed E-state index contributed by atoms with van der Waals surface area (Å²) in [6.07, 6.45) is 0.462. The Morgan fingerprint density at radius 3 is 2.32 bits per heavy atom. The number of carbonyl (C=O) groups is 1. The number of carbonyl (C=O) groups excluding carboxylic acids is 1. The number of benzene rings is 2. The Kier molecular flexibility index (Phi) is 6.59. The Balaban J connectivity index is 1.51. The van der Waals surface area contributed by atoms with Gasteiger partial charge in [-0.3, -0.25) is 4.79 Å². The lowest BCUT2D eigenvalue weighted by Gasteiger charge is -2.32. The summed E-state index contributed by atoms with van der Waals surface area (Å²) in [5.41, 5.74) is 0. The van der Waals surface area contributed by atoms with Gasteiger partial charge in [0.15, 0.2) is 6.10 Å². The maximum absolute atomic E-state index is 12.7. The summed E-state index contributed by atoms with van der Waals surface area (Å²) in [6.45, 7) is 2.42. The van der Waals surface area contributed by atoms with Crippen LogP contribution in [0.5, 0.6) is 5.75 Å². The quantitative estimate of drug-likeness (QED) is 0.776. The molecule has 8 heteroatoms. The van der Waals surface area contributed by atoms with E-state index >= 15 is 0 Å². The van der Waals surface area contributed by atoms with Gasteiger partial charge in [-0.25, -0.2) is 8.42 Å². The number of ether oxygens (including phenoxy) is 1. The summed E-state index contributed by atoms with van der Waals surface area (Å²) >= 11 is 5.84. The Labute approximate surface area is 170 Å². The van der Waals surface area contributed by atoms with Gasteiger partial charge in [0.1, 0.15) is 5.75 Å². The number of nitrogens with one attached hydrogen (secondary N) is 1. The first kappa shape index (κ1) is 20.6. The Hall–Kier alpha value is -2.09. The van der Waals surface area contributed by atoms with Crippen LogP contribution in [0.15, 0.2) is 59.5 Å². The molecule has 6 nitrogen and oxygen atoms in total. The van der Waals surface area contributed by atoms with Gasteiger partial charge in [0.05, 0.1) is 4.90 Å². The number of rotatable bonds is 6. The van der Waals surface area contributed by atoms with Gasteiger partial charge in [-0.05, 0) is 56.2 Å². The molecule has 2 aromatic carbocycles. The second kappa shape index (κ2) is 8.94. The Morgan fingerprint density at radius 2 is 1.71 bits per heavy atom. The largest absolute Gasteiger partial charge is 0.481 e. The number of halogens is 1. The highest BCUT2D eigenvalue weighted by molar-refractivity contribution is 7.89. The highest BCUT2D eigenvalue weighted by Gasteiger charge is 2.30. The van der Waals surface area contributed by atoms with Crippen molar-refractivity contribution in [2.45, 2.75) is 36.8 Å². The summed E-state index contributed by atoms with van der Waals surface area (Å²) in [6, 6.07) is 15.1. The maximum Gasteiger partial charge on any atom is 0.260 e. The van der Waals surface area contributed by atoms with E-state index in [4.69, 9.17) is 16.3 Å². The van der Waals surface area contributed by atoms with Crippen molar-refractivity contribution >= 4 is 27.5 Å². The van der Waals surface area contributed by atoms with Crippen LogP contribution in [0.25, 0.3) is 0 Å². The van der Waals surface area contributed by atoms with Crippen molar-refractivity contribution in [1.29, 1.82) is 0 Å². The van der Waals surface area contributed by atoms with Gasteiger partial charge in [-0.1, -0.05) is 29.8 Å². The van der Waals surface area contributed by atoms with Crippen LogP contribution in [-0.4, -0.2) is 43.9 Å². The minimum atomic E-state index is -3.49. The van der Waals surface area contributed by atoms with Crippen molar-refractivity contribution < 1.29 is 17.9 Å². The van der Waals surface area contributed by atoms with Crippen LogP contribution < -0.4 is 10.1 Å². The average Bonchev–Trinajstić information content (AvgIpc) is 2.70. The monoisotopic (exact) mass is 422 g/mol. The van der Waals surface area contributed by atoms with Crippen molar-refractivity contribution in [3.05, 3.63) is 59.6 Å². The molecule has 150 valence electrons. The molecule has 28 heavy (non-hydrogen) atoms. The minimum Gasteiger partial charge on any atom is -0.481 e. The lowest BCUT2D eigenvalue weighted by molar-refractivity contribution is -0.128. The van der Waals surface area contributed by atoms with E-state index in [2.05, 4.69) is 5.32 Å². The zero-order chi connectivity index (χ0) is 20.1. The highest BCUT2D eigenvalue weighted by Crippen LogP contribution is 2.21. The van der Waals surface area contributed by atoms with Crippen LogP contribution in [0.4, 0.5) is 0 Å². The molecule has 1 saturated heterocycles. The summed E-state index contributed by atoms with van der Waals surface area (Å²) in [4.78, 5) is 12.7. The molecule has 1 fully saturated rings. The third-order valence-electron chi connectivity index (χ3n) is 4.68. The predicted octanol–water partition coefficient (Wildman–Crippen LogP) is 3.08. The van der Waals surface area contributed by atoms with Gasteiger partial charge in [-0.15, -0.1) is 0 Å². The summed E-state index contributed by atoms with van der Waals surface area (Å²) < 4.78 is 32.4. The molecule has 3 rings (SSSR count).